The number of aromatic nitrogens is 2. The molecular weight excluding hydrogens is 334 g/mol. The molecule has 122 valence electrons. The predicted octanol–water partition coefficient (Wildman–Crippen LogP) is 3.96. The first-order valence-electron chi connectivity index (χ1n) is 7.13. The van der Waals surface area contributed by atoms with Crippen molar-refractivity contribution in [1.82, 2.24) is 9.97 Å². The monoisotopic (exact) mass is 351 g/mol. The van der Waals surface area contributed by atoms with Gasteiger partial charge in [0, 0.05) is 23.5 Å². The Bertz CT molecular complexity index is 683. The van der Waals surface area contributed by atoms with Gasteiger partial charge in [-0.3, -0.25) is 4.79 Å². The van der Waals surface area contributed by atoms with Gasteiger partial charge in [-0.25, -0.2) is 9.97 Å². The number of ether oxygens (including phenoxy) is 1. The van der Waals surface area contributed by atoms with Gasteiger partial charge in [0.1, 0.15) is 5.75 Å². The van der Waals surface area contributed by atoms with Crippen molar-refractivity contribution in [3.05, 3.63) is 41.2 Å². The summed E-state index contributed by atoms with van der Waals surface area (Å²) in [5.41, 5.74) is 1.47. The highest BCUT2D eigenvalue weighted by Gasteiger charge is 2.21. The maximum absolute atomic E-state index is 12.5. The van der Waals surface area contributed by atoms with Crippen molar-refractivity contribution in [2.24, 2.45) is 0 Å². The van der Waals surface area contributed by atoms with Crippen molar-refractivity contribution < 1.29 is 9.53 Å². The van der Waals surface area contributed by atoms with Crippen LogP contribution >= 0.6 is 23.4 Å². The van der Waals surface area contributed by atoms with Gasteiger partial charge in [0.15, 0.2) is 5.16 Å². The summed E-state index contributed by atoms with van der Waals surface area (Å²) in [5, 5.41) is 3.78. The summed E-state index contributed by atoms with van der Waals surface area (Å²) >= 11 is 7.42. The lowest BCUT2D eigenvalue weighted by Crippen LogP contribution is -2.25. The van der Waals surface area contributed by atoms with E-state index in [1.807, 2.05) is 13.8 Å². The normalized spacial score (nSPS) is 11.8. The molecule has 5 nitrogen and oxygen atoms in total. The van der Waals surface area contributed by atoms with E-state index < -0.39 is 0 Å². The standard InChI is InChI=1S/C16H18ClN3O2S/c1-4-14(23-16-18-6-5-7-19-16)15(21)20-12-8-10(2)11(17)9-13(12)22-3/h5-9,14H,4H2,1-3H3,(H,20,21). The van der Waals surface area contributed by atoms with Crippen LogP contribution in [0.25, 0.3) is 0 Å². The smallest absolute Gasteiger partial charge is 0.238 e. The van der Waals surface area contributed by atoms with Gasteiger partial charge in [-0.2, -0.15) is 0 Å². The summed E-state index contributed by atoms with van der Waals surface area (Å²) in [6.45, 7) is 3.83. The van der Waals surface area contributed by atoms with Crippen molar-refractivity contribution in [2.45, 2.75) is 30.7 Å². The molecule has 1 amide bonds. The molecule has 0 saturated heterocycles. The van der Waals surface area contributed by atoms with Crippen LogP contribution in [0.5, 0.6) is 5.75 Å². The third-order valence-corrected chi connectivity index (χ3v) is 4.85. The average molecular weight is 352 g/mol. The lowest BCUT2D eigenvalue weighted by Gasteiger charge is -2.16. The fraction of sp³-hybridized carbons (Fsp3) is 0.312. The molecule has 2 rings (SSSR count). The minimum absolute atomic E-state index is 0.120. The van der Waals surface area contributed by atoms with Crippen molar-refractivity contribution in [3.8, 4) is 5.75 Å². The van der Waals surface area contributed by atoms with Gasteiger partial charge >= 0.3 is 0 Å². The van der Waals surface area contributed by atoms with E-state index in [-0.39, 0.29) is 11.2 Å². The number of methoxy groups -OCH3 is 1. The van der Waals surface area contributed by atoms with Crippen LogP contribution in [0.3, 0.4) is 0 Å². The second-order valence-electron chi connectivity index (χ2n) is 4.84. The first-order valence-corrected chi connectivity index (χ1v) is 8.39. The maximum Gasteiger partial charge on any atom is 0.238 e. The first-order chi connectivity index (χ1) is 11.0. The van der Waals surface area contributed by atoms with E-state index in [0.717, 1.165) is 5.56 Å². The Morgan fingerprint density at radius 1 is 1.39 bits per heavy atom. The molecule has 1 aromatic heterocycles. The number of carbonyl (C=O) groups excluding carboxylic acids is 1. The summed E-state index contributed by atoms with van der Waals surface area (Å²) in [7, 11) is 1.54. The van der Waals surface area contributed by atoms with Gasteiger partial charge in [0.25, 0.3) is 0 Å². The number of hydrogen-bond acceptors (Lipinski definition) is 5. The minimum atomic E-state index is -0.293. The zero-order valence-electron chi connectivity index (χ0n) is 13.2. The topological polar surface area (TPSA) is 64.1 Å². The number of nitrogens with one attached hydrogen (secondary N) is 1. The Hall–Kier alpha value is -1.79. The fourth-order valence-corrected chi connectivity index (χ4v) is 2.92. The number of nitrogens with zero attached hydrogens (tertiary/aromatic N) is 2. The number of anilines is 1. The molecule has 1 unspecified atom stereocenters. The van der Waals surface area contributed by atoms with Crippen molar-refractivity contribution in [1.29, 1.82) is 0 Å². The van der Waals surface area contributed by atoms with Crippen LogP contribution in [-0.2, 0) is 4.79 Å². The van der Waals surface area contributed by atoms with Crippen molar-refractivity contribution >= 4 is 35.0 Å². The minimum Gasteiger partial charge on any atom is -0.495 e. The van der Waals surface area contributed by atoms with Crippen LogP contribution in [-0.4, -0.2) is 28.2 Å². The third kappa shape index (κ3) is 4.59. The predicted molar refractivity (Wildman–Crippen MR) is 93.3 cm³/mol. The zero-order valence-corrected chi connectivity index (χ0v) is 14.7. The molecule has 0 saturated carbocycles. The van der Waals surface area contributed by atoms with Gasteiger partial charge < -0.3 is 10.1 Å². The number of carbonyl (C=O) groups is 1. The average Bonchev–Trinajstić information content (AvgIpc) is 2.56. The Morgan fingerprint density at radius 2 is 2.09 bits per heavy atom. The molecule has 0 aliphatic heterocycles. The first kappa shape index (κ1) is 17.6. The highest BCUT2D eigenvalue weighted by atomic mass is 35.5. The van der Waals surface area contributed by atoms with Crippen molar-refractivity contribution in [3.63, 3.8) is 0 Å². The zero-order chi connectivity index (χ0) is 16.8. The van der Waals surface area contributed by atoms with Gasteiger partial charge in [-0.05, 0) is 31.0 Å². The largest absolute Gasteiger partial charge is 0.495 e. The van der Waals surface area contributed by atoms with Gasteiger partial charge in [0.2, 0.25) is 5.91 Å². The molecule has 1 heterocycles. The number of amides is 1. The number of thioether (sulfide) groups is 1. The Morgan fingerprint density at radius 3 is 2.70 bits per heavy atom. The van der Waals surface area contributed by atoms with Gasteiger partial charge in [-0.1, -0.05) is 30.3 Å². The van der Waals surface area contributed by atoms with Crippen LogP contribution in [0.4, 0.5) is 5.69 Å². The molecular formula is C16H18ClN3O2S. The number of hydrogen-bond donors (Lipinski definition) is 1. The molecule has 1 atom stereocenters. The Balaban J connectivity index is 2.15. The molecule has 0 aliphatic rings. The summed E-state index contributed by atoms with van der Waals surface area (Å²) in [5.74, 6) is 0.412. The fourth-order valence-electron chi connectivity index (χ4n) is 1.94. The maximum atomic E-state index is 12.5. The molecule has 0 spiro atoms. The van der Waals surface area contributed by atoms with Crippen LogP contribution in [0.15, 0.2) is 35.7 Å². The van der Waals surface area contributed by atoms with Gasteiger partial charge in [0.05, 0.1) is 18.0 Å². The third-order valence-electron chi connectivity index (χ3n) is 3.19. The van der Waals surface area contributed by atoms with E-state index >= 15 is 0 Å². The SMILES string of the molecule is CCC(Sc1ncccn1)C(=O)Nc1cc(C)c(Cl)cc1OC. The van der Waals surface area contributed by atoms with Crippen LogP contribution in [0, 0.1) is 6.92 Å². The molecule has 7 heteroatoms. The van der Waals surface area contributed by atoms with Gasteiger partial charge in [-0.15, -0.1) is 0 Å². The molecule has 0 aliphatic carbocycles. The van der Waals surface area contributed by atoms with Crippen LogP contribution in [0.1, 0.15) is 18.9 Å². The number of rotatable bonds is 6. The van der Waals surface area contributed by atoms with E-state index in [4.69, 9.17) is 16.3 Å². The molecule has 0 radical (unpaired) electrons. The summed E-state index contributed by atoms with van der Waals surface area (Å²) in [6, 6.07) is 5.24. The molecule has 0 bridgehead atoms. The molecule has 0 fully saturated rings. The second-order valence-corrected chi connectivity index (χ2v) is 6.41. The summed E-state index contributed by atoms with van der Waals surface area (Å²) in [6.07, 6.45) is 3.97. The molecule has 23 heavy (non-hydrogen) atoms. The van der Waals surface area contributed by atoms with E-state index in [1.54, 1.807) is 37.7 Å². The van der Waals surface area contributed by atoms with Crippen LogP contribution in [0.2, 0.25) is 5.02 Å². The molecule has 1 aromatic carbocycles. The number of aryl methyl sites for hydroxylation is 1. The quantitative estimate of drug-likeness (QED) is 0.630. The van der Waals surface area contributed by atoms with E-state index in [1.165, 1.54) is 11.8 Å². The lowest BCUT2D eigenvalue weighted by molar-refractivity contribution is -0.115. The molecule has 2 aromatic rings. The highest BCUT2D eigenvalue weighted by Crippen LogP contribution is 2.32. The van der Waals surface area contributed by atoms with E-state index in [9.17, 15) is 4.79 Å². The van der Waals surface area contributed by atoms with Crippen molar-refractivity contribution in [2.75, 3.05) is 12.4 Å². The second kappa shape index (κ2) is 8.17. The number of halogens is 1. The molecule has 1 N–H and O–H groups in total. The Labute approximate surface area is 144 Å². The van der Waals surface area contributed by atoms with E-state index in [0.29, 0.717) is 28.0 Å². The summed E-state index contributed by atoms with van der Waals surface area (Å²) < 4.78 is 5.28. The summed E-state index contributed by atoms with van der Waals surface area (Å²) in [4.78, 5) is 20.8. The van der Waals surface area contributed by atoms with E-state index in [2.05, 4.69) is 15.3 Å². The lowest BCUT2D eigenvalue weighted by atomic mass is 10.2. The Kier molecular flexibility index (Phi) is 6.24. The number of benzene rings is 1. The highest BCUT2D eigenvalue weighted by molar-refractivity contribution is 8.00. The van der Waals surface area contributed by atoms with Crippen LogP contribution < -0.4 is 10.1 Å².